The van der Waals surface area contributed by atoms with Gasteiger partial charge in [-0.25, -0.2) is 0 Å². The first-order valence-electron chi connectivity index (χ1n) is 7.99. The molecule has 5 nitrogen and oxygen atoms in total. The molecule has 0 radical (unpaired) electrons. The van der Waals surface area contributed by atoms with E-state index in [2.05, 4.69) is 17.0 Å². The van der Waals surface area contributed by atoms with Gasteiger partial charge in [-0.05, 0) is 11.6 Å². The van der Waals surface area contributed by atoms with Crippen LogP contribution in [0.2, 0.25) is 0 Å². The fourth-order valence-corrected chi connectivity index (χ4v) is 4.12. The van der Waals surface area contributed by atoms with E-state index in [-0.39, 0.29) is 16.3 Å². The molecule has 1 aromatic carbocycles. The summed E-state index contributed by atoms with van der Waals surface area (Å²) in [6.45, 7) is 6.08. The van der Waals surface area contributed by atoms with Crippen molar-refractivity contribution in [2.75, 3.05) is 37.7 Å². The van der Waals surface area contributed by atoms with Crippen molar-refractivity contribution >= 4 is 28.5 Å². The summed E-state index contributed by atoms with van der Waals surface area (Å²) in [6, 6.07) is 8.25. The van der Waals surface area contributed by atoms with Crippen molar-refractivity contribution in [3.63, 3.8) is 0 Å². The van der Waals surface area contributed by atoms with Gasteiger partial charge < -0.3 is 14.5 Å². The second kappa shape index (κ2) is 7.36. The maximum atomic E-state index is 12.2. The molecule has 2 saturated heterocycles. The van der Waals surface area contributed by atoms with E-state index in [0.29, 0.717) is 19.5 Å². The van der Waals surface area contributed by atoms with Crippen LogP contribution in [0.5, 0.6) is 0 Å². The van der Waals surface area contributed by atoms with E-state index in [1.165, 1.54) is 17.4 Å². The second-order valence-corrected chi connectivity index (χ2v) is 7.42. The van der Waals surface area contributed by atoms with Crippen molar-refractivity contribution in [1.82, 2.24) is 4.90 Å². The first kappa shape index (κ1) is 16.3. The van der Waals surface area contributed by atoms with Crippen LogP contribution in [0.1, 0.15) is 18.9 Å². The molecule has 124 valence electrons. The topological polar surface area (TPSA) is 49.9 Å². The monoisotopic (exact) mass is 334 g/mol. The minimum absolute atomic E-state index is 0.0818. The number of rotatable bonds is 4. The van der Waals surface area contributed by atoms with E-state index in [0.717, 1.165) is 31.9 Å². The second-order valence-electron chi connectivity index (χ2n) is 5.94. The molecule has 6 heteroatoms. The molecule has 1 amide bonds. The molecule has 1 atom stereocenters. The van der Waals surface area contributed by atoms with Crippen molar-refractivity contribution in [3.05, 3.63) is 29.8 Å². The highest BCUT2D eigenvalue weighted by Crippen LogP contribution is 2.28. The molecule has 0 N–H and O–H groups in total. The lowest BCUT2D eigenvalue weighted by molar-refractivity contribution is -0.128. The number of carbonyl (C=O) groups excluding carboxylic acids is 2. The highest BCUT2D eigenvalue weighted by molar-refractivity contribution is 8.14. The standard InChI is InChI=1S/C17H22N2O3S/c1-13(20)23-15-10-17(21)19(12-15)11-14-4-2-3-5-16(14)18-6-8-22-9-7-18/h2-5,15H,6-12H2,1H3. The first-order valence-corrected chi connectivity index (χ1v) is 8.87. The summed E-state index contributed by atoms with van der Waals surface area (Å²) in [6.07, 6.45) is 0.462. The third-order valence-electron chi connectivity index (χ3n) is 4.22. The normalized spacial score (nSPS) is 21.8. The van der Waals surface area contributed by atoms with E-state index in [4.69, 9.17) is 4.74 Å². The Labute approximate surface area is 141 Å². The number of nitrogens with zero attached hydrogens (tertiary/aromatic N) is 2. The quantitative estimate of drug-likeness (QED) is 0.842. The summed E-state index contributed by atoms with van der Waals surface area (Å²) in [5.41, 5.74) is 2.35. The summed E-state index contributed by atoms with van der Waals surface area (Å²) in [4.78, 5) is 27.7. The van der Waals surface area contributed by atoms with Crippen LogP contribution in [0.25, 0.3) is 0 Å². The van der Waals surface area contributed by atoms with Gasteiger partial charge in [-0.2, -0.15) is 0 Å². The van der Waals surface area contributed by atoms with Crippen LogP contribution >= 0.6 is 11.8 Å². The van der Waals surface area contributed by atoms with Crippen molar-refractivity contribution in [3.8, 4) is 0 Å². The van der Waals surface area contributed by atoms with Gasteiger partial charge in [0.05, 0.1) is 13.2 Å². The maximum Gasteiger partial charge on any atom is 0.224 e. The highest BCUT2D eigenvalue weighted by atomic mass is 32.2. The molecule has 0 saturated carbocycles. The van der Waals surface area contributed by atoms with E-state index in [9.17, 15) is 9.59 Å². The highest BCUT2D eigenvalue weighted by Gasteiger charge is 2.31. The maximum absolute atomic E-state index is 12.2. The third kappa shape index (κ3) is 4.06. The average molecular weight is 334 g/mol. The van der Waals surface area contributed by atoms with Gasteiger partial charge in [0.15, 0.2) is 5.12 Å². The van der Waals surface area contributed by atoms with Crippen molar-refractivity contribution in [2.24, 2.45) is 0 Å². The van der Waals surface area contributed by atoms with Gasteiger partial charge in [0.1, 0.15) is 0 Å². The van der Waals surface area contributed by atoms with E-state index < -0.39 is 0 Å². The molecule has 2 fully saturated rings. The number of benzene rings is 1. The average Bonchev–Trinajstić information content (AvgIpc) is 2.87. The summed E-state index contributed by atoms with van der Waals surface area (Å²) in [5, 5.41) is 0.175. The minimum atomic E-state index is 0.0818. The van der Waals surface area contributed by atoms with E-state index in [1.807, 2.05) is 17.0 Å². The van der Waals surface area contributed by atoms with Crippen molar-refractivity contribution in [2.45, 2.75) is 25.1 Å². The fraction of sp³-hybridized carbons (Fsp3) is 0.529. The summed E-state index contributed by atoms with van der Waals surface area (Å²) >= 11 is 1.28. The van der Waals surface area contributed by atoms with Gasteiger partial charge in [-0.3, -0.25) is 9.59 Å². The van der Waals surface area contributed by atoms with Gasteiger partial charge in [0.25, 0.3) is 0 Å². The summed E-state index contributed by atoms with van der Waals surface area (Å²) in [5.74, 6) is 0.139. The molecule has 1 aromatic rings. The first-order chi connectivity index (χ1) is 11.1. The van der Waals surface area contributed by atoms with Gasteiger partial charge in [0.2, 0.25) is 5.91 Å². The largest absolute Gasteiger partial charge is 0.378 e. The van der Waals surface area contributed by atoms with E-state index in [1.54, 1.807) is 6.92 Å². The van der Waals surface area contributed by atoms with Gasteiger partial charge in [-0.15, -0.1) is 0 Å². The Bertz CT molecular complexity index is 587. The van der Waals surface area contributed by atoms with Crippen LogP contribution in [-0.2, 0) is 20.9 Å². The number of ether oxygens (including phenoxy) is 1. The number of likely N-dealkylation sites (tertiary alicyclic amines) is 1. The van der Waals surface area contributed by atoms with Gasteiger partial charge in [0, 0.05) is 50.5 Å². The molecule has 3 rings (SSSR count). The van der Waals surface area contributed by atoms with Crippen LogP contribution in [0.15, 0.2) is 24.3 Å². The number of hydrogen-bond donors (Lipinski definition) is 0. The Morgan fingerprint density at radius 1 is 1.30 bits per heavy atom. The SMILES string of the molecule is CC(=O)SC1CC(=O)N(Cc2ccccc2N2CCOCC2)C1. The van der Waals surface area contributed by atoms with Crippen LogP contribution in [0, 0.1) is 0 Å². The molecule has 2 aliphatic rings. The van der Waals surface area contributed by atoms with Crippen LogP contribution in [-0.4, -0.2) is 54.0 Å². The lowest BCUT2D eigenvalue weighted by Gasteiger charge is -2.31. The van der Waals surface area contributed by atoms with Crippen LogP contribution < -0.4 is 4.90 Å². The van der Waals surface area contributed by atoms with E-state index >= 15 is 0 Å². The zero-order chi connectivity index (χ0) is 16.2. The van der Waals surface area contributed by atoms with Gasteiger partial charge >= 0.3 is 0 Å². The number of thioether (sulfide) groups is 1. The number of para-hydroxylation sites is 1. The number of anilines is 1. The number of morpholine rings is 1. The zero-order valence-electron chi connectivity index (χ0n) is 13.4. The Kier molecular flexibility index (Phi) is 5.23. The van der Waals surface area contributed by atoms with Crippen molar-refractivity contribution in [1.29, 1.82) is 0 Å². The molecule has 0 aromatic heterocycles. The lowest BCUT2D eigenvalue weighted by atomic mass is 10.1. The van der Waals surface area contributed by atoms with Gasteiger partial charge in [-0.1, -0.05) is 30.0 Å². The summed E-state index contributed by atoms with van der Waals surface area (Å²) < 4.78 is 5.42. The smallest absolute Gasteiger partial charge is 0.224 e. The molecule has 0 spiro atoms. The zero-order valence-corrected chi connectivity index (χ0v) is 14.2. The third-order valence-corrected chi connectivity index (χ3v) is 5.20. The molecule has 0 bridgehead atoms. The molecule has 0 aliphatic carbocycles. The molecular weight excluding hydrogens is 312 g/mol. The Hall–Kier alpha value is -1.53. The lowest BCUT2D eigenvalue weighted by Crippen LogP contribution is -2.37. The fourth-order valence-electron chi connectivity index (χ4n) is 3.17. The Morgan fingerprint density at radius 3 is 2.78 bits per heavy atom. The molecular formula is C17H22N2O3S. The minimum Gasteiger partial charge on any atom is -0.378 e. The molecule has 2 aliphatic heterocycles. The Balaban J connectivity index is 1.70. The van der Waals surface area contributed by atoms with Crippen LogP contribution in [0.4, 0.5) is 5.69 Å². The Morgan fingerprint density at radius 2 is 2.04 bits per heavy atom. The van der Waals surface area contributed by atoms with Crippen molar-refractivity contribution < 1.29 is 14.3 Å². The number of amides is 1. The molecule has 2 heterocycles. The predicted molar refractivity (Wildman–Crippen MR) is 91.6 cm³/mol. The number of hydrogen-bond acceptors (Lipinski definition) is 5. The summed E-state index contributed by atoms with van der Waals surface area (Å²) in [7, 11) is 0. The van der Waals surface area contributed by atoms with Crippen LogP contribution in [0.3, 0.4) is 0 Å². The molecule has 23 heavy (non-hydrogen) atoms. The number of carbonyl (C=O) groups is 2. The predicted octanol–water partition coefficient (Wildman–Crippen LogP) is 1.90. The molecule has 1 unspecified atom stereocenters.